The summed E-state index contributed by atoms with van der Waals surface area (Å²) in [5.41, 5.74) is 1.01. The van der Waals surface area contributed by atoms with E-state index in [1.54, 1.807) is 0 Å². The lowest BCUT2D eigenvalue weighted by Crippen LogP contribution is -2.30. The number of carbonyl (C=O) groups excluding carboxylic acids is 1. The quantitative estimate of drug-likeness (QED) is 0.393. The minimum Gasteiger partial charge on any atom is -0.351 e. The molecule has 1 aromatic rings. The lowest BCUT2D eigenvalue weighted by Gasteiger charge is -2.21. The molecule has 2 atom stereocenters. The van der Waals surface area contributed by atoms with E-state index in [9.17, 15) is 9.18 Å². The molecule has 0 spiro atoms. The number of hydrogen-bond acceptors (Lipinski definition) is 3. The Balaban J connectivity index is 2.34. The van der Waals surface area contributed by atoms with Crippen LogP contribution in [-0.2, 0) is 20.9 Å². The van der Waals surface area contributed by atoms with Gasteiger partial charge in [0.15, 0.2) is 6.10 Å². The third-order valence-electron chi connectivity index (χ3n) is 3.03. The van der Waals surface area contributed by atoms with E-state index in [0.29, 0.717) is 12.5 Å². The van der Waals surface area contributed by atoms with Crippen LogP contribution >= 0.6 is 0 Å². The fraction of sp³-hybridized carbons (Fsp3) is 0.562. The molecule has 1 unspecified atom stereocenters. The first-order chi connectivity index (χ1) is 9.50. The molecule has 0 N–H and O–H groups in total. The van der Waals surface area contributed by atoms with Gasteiger partial charge in [-0.1, -0.05) is 51.1 Å². The van der Waals surface area contributed by atoms with Crippen LogP contribution in [0.5, 0.6) is 0 Å². The summed E-state index contributed by atoms with van der Waals surface area (Å²) in [4.78, 5) is 11.0. The molecule has 0 saturated heterocycles. The zero-order valence-corrected chi connectivity index (χ0v) is 12.3. The summed E-state index contributed by atoms with van der Waals surface area (Å²) >= 11 is 0. The molecule has 0 aromatic heterocycles. The van der Waals surface area contributed by atoms with Crippen molar-refractivity contribution in [3.8, 4) is 0 Å². The fourth-order valence-corrected chi connectivity index (χ4v) is 2.18. The standard InChI is InChI=1S/C16H23FO3/c1-12(2)9-13(3)15(16(17)18)20-11-19-10-14-7-5-4-6-8-14/h4-8,12-13,15H,9-11H2,1-3H3/t13-,15?/m0/s1. The highest BCUT2D eigenvalue weighted by Crippen LogP contribution is 2.19. The summed E-state index contributed by atoms with van der Waals surface area (Å²) < 4.78 is 23.6. The van der Waals surface area contributed by atoms with E-state index in [4.69, 9.17) is 9.47 Å². The first kappa shape index (κ1) is 16.8. The molecule has 0 aliphatic heterocycles. The van der Waals surface area contributed by atoms with Gasteiger partial charge in [-0.15, -0.1) is 0 Å². The second kappa shape index (κ2) is 8.82. The molecular weight excluding hydrogens is 259 g/mol. The van der Waals surface area contributed by atoms with Gasteiger partial charge in [0.2, 0.25) is 0 Å². The Morgan fingerprint density at radius 1 is 1.20 bits per heavy atom. The highest BCUT2D eigenvalue weighted by Gasteiger charge is 2.26. The van der Waals surface area contributed by atoms with Crippen molar-refractivity contribution in [3.63, 3.8) is 0 Å². The predicted molar refractivity (Wildman–Crippen MR) is 75.7 cm³/mol. The van der Waals surface area contributed by atoms with Crippen molar-refractivity contribution in [2.45, 2.75) is 39.9 Å². The minimum atomic E-state index is -1.43. The number of carbonyl (C=O) groups is 1. The van der Waals surface area contributed by atoms with Gasteiger partial charge in [-0.25, -0.2) is 0 Å². The minimum absolute atomic E-state index is 0.0857. The first-order valence-electron chi connectivity index (χ1n) is 6.93. The Labute approximate surface area is 120 Å². The van der Waals surface area contributed by atoms with Crippen molar-refractivity contribution < 1.29 is 18.7 Å². The maximum absolute atomic E-state index is 13.0. The molecule has 0 heterocycles. The van der Waals surface area contributed by atoms with Gasteiger partial charge in [-0.3, -0.25) is 4.79 Å². The average molecular weight is 282 g/mol. The van der Waals surface area contributed by atoms with Crippen molar-refractivity contribution in [1.29, 1.82) is 0 Å². The van der Waals surface area contributed by atoms with E-state index in [-0.39, 0.29) is 12.7 Å². The van der Waals surface area contributed by atoms with Crippen LogP contribution < -0.4 is 0 Å². The molecule has 0 saturated carbocycles. The van der Waals surface area contributed by atoms with Gasteiger partial charge in [0.1, 0.15) is 6.79 Å². The van der Waals surface area contributed by atoms with E-state index >= 15 is 0 Å². The number of benzene rings is 1. The Morgan fingerprint density at radius 3 is 2.40 bits per heavy atom. The maximum atomic E-state index is 13.0. The third-order valence-corrected chi connectivity index (χ3v) is 3.03. The molecule has 1 aromatic carbocycles. The average Bonchev–Trinajstić information content (AvgIpc) is 2.38. The summed E-state index contributed by atoms with van der Waals surface area (Å²) in [5, 5.41) is 0. The fourth-order valence-electron chi connectivity index (χ4n) is 2.18. The molecule has 20 heavy (non-hydrogen) atoms. The normalized spacial score (nSPS) is 14.2. The summed E-state index contributed by atoms with van der Waals surface area (Å²) in [6.07, 6.45) is -0.299. The smallest absolute Gasteiger partial charge is 0.330 e. The highest BCUT2D eigenvalue weighted by atomic mass is 19.1. The van der Waals surface area contributed by atoms with Crippen LogP contribution in [0, 0.1) is 11.8 Å². The molecule has 4 heteroatoms. The van der Waals surface area contributed by atoms with Gasteiger partial charge >= 0.3 is 6.04 Å². The zero-order valence-electron chi connectivity index (χ0n) is 12.3. The van der Waals surface area contributed by atoms with Gasteiger partial charge in [0.25, 0.3) is 0 Å². The number of rotatable bonds is 9. The highest BCUT2D eigenvalue weighted by molar-refractivity contribution is 5.73. The van der Waals surface area contributed by atoms with Crippen molar-refractivity contribution >= 4 is 6.04 Å². The summed E-state index contributed by atoms with van der Waals surface area (Å²) in [5.74, 6) is 0.230. The Kier molecular flexibility index (Phi) is 7.41. The van der Waals surface area contributed by atoms with Gasteiger partial charge < -0.3 is 9.47 Å². The molecule has 0 radical (unpaired) electrons. The maximum Gasteiger partial charge on any atom is 0.330 e. The predicted octanol–water partition coefficient (Wildman–Crippen LogP) is 3.72. The van der Waals surface area contributed by atoms with Crippen LogP contribution in [0.3, 0.4) is 0 Å². The Hall–Kier alpha value is -1.26. The van der Waals surface area contributed by atoms with Crippen molar-refractivity contribution in [2.75, 3.05) is 6.79 Å². The SMILES string of the molecule is CC(C)C[C@H](C)C(OCOCc1ccccc1)C(=O)F. The summed E-state index contributed by atoms with van der Waals surface area (Å²) in [6.45, 7) is 6.17. The van der Waals surface area contributed by atoms with Crippen LogP contribution in [0.4, 0.5) is 4.39 Å². The zero-order chi connectivity index (χ0) is 15.0. The van der Waals surface area contributed by atoms with Crippen LogP contribution in [-0.4, -0.2) is 18.9 Å². The second-order valence-electron chi connectivity index (χ2n) is 5.45. The van der Waals surface area contributed by atoms with Crippen molar-refractivity contribution in [3.05, 3.63) is 35.9 Å². The van der Waals surface area contributed by atoms with Crippen LogP contribution in [0.2, 0.25) is 0 Å². The Morgan fingerprint density at radius 2 is 1.85 bits per heavy atom. The largest absolute Gasteiger partial charge is 0.351 e. The van der Waals surface area contributed by atoms with E-state index in [0.717, 1.165) is 12.0 Å². The van der Waals surface area contributed by atoms with Gasteiger partial charge in [0, 0.05) is 0 Å². The number of ether oxygens (including phenoxy) is 2. The monoisotopic (exact) mass is 282 g/mol. The van der Waals surface area contributed by atoms with E-state index in [1.165, 1.54) is 0 Å². The van der Waals surface area contributed by atoms with Gasteiger partial charge in [0.05, 0.1) is 6.61 Å². The first-order valence-corrected chi connectivity index (χ1v) is 6.93. The molecule has 0 aliphatic carbocycles. The number of hydrogen-bond donors (Lipinski definition) is 0. The molecule has 0 bridgehead atoms. The number of halogens is 1. The molecule has 0 fully saturated rings. The third kappa shape index (κ3) is 6.26. The summed E-state index contributed by atoms with van der Waals surface area (Å²) in [6, 6.07) is 8.18. The van der Waals surface area contributed by atoms with Crippen molar-refractivity contribution in [2.24, 2.45) is 11.8 Å². The molecule has 1 rings (SSSR count). The lowest BCUT2D eigenvalue weighted by molar-refractivity contribution is -0.160. The molecule has 0 amide bonds. The van der Waals surface area contributed by atoms with Crippen LogP contribution in [0.15, 0.2) is 30.3 Å². The molecular formula is C16H23FO3. The second-order valence-corrected chi connectivity index (χ2v) is 5.45. The molecule has 0 aliphatic rings. The van der Waals surface area contributed by atoms with Crippen LogP contribution in [0.25, 0.3) is 0 Å². The summed E-state index contributed by atoms with van der Waals surface area (Å²) in [7, 11) is 0. The topological polar surface area (TPSA) is 35.5 Å². The van der Waals surface area contributed by atoms with Crippen molar-refractivity contribution in [1.82, 2.24) is 0 Å². The van der Waals surface area contributed by atoms with E-state index in [1.807, 2.05) is 51.1 Å². The van der Waals surface area contributed by atoms with E-state index in [2.05, 4.69) is 0 Å². The van der Waals surface area contributed by atoms with Crippen LogP contribution in [0.1, 0.15) is 32.8 Å². The lowest BCUT2D eigenvalue weighted by atomic mass is 9.94. The Bertz CT molecular complexity index is 392. The van der Waals surface area contributed by atoms with Gasteiger partial charge in [-0.05, 0) is 23.8 Å². The molecule has 3 nitrogen and oxygen atoms in total. The molecule has 112 valence electrons. The van der Waals surface area contributed by atoms with Gasteiger partial charge in [-0.2, -0.15) is 4.39 Å². The van der Waals surface area contributed by atoms with E-state index < -0.39 is 12.1 Å².